The molecule has 0 fully saturated rings. The van der Waals surface area contributed by atoms with E-state index in [9.17, 15) is 9.59 Å². The number of ether oxygens (including phenoxy) is 1. The van der Waals surface area contributed by atoms with E-state index in [-0.39, 0.29) is 6.61 Å². The number of methoxy groups -OCH3 is 1. The van der Waals surface area contributed by atoms with Gasteiger partial charge in [-0.3, -0.25) is 4.79 Å². The molecule has 0 saturated carbocycles. The van der Waals surface area contributed by atoms with Gasteiger partial charge in [0.15, 0.2) is 6.04 Å². The number of amides is 1. The lowest BCUT2D eigenvalue weighted by molar-refractivity contribution is -0.140. The molecule has 21 heavy (non-hydrogen) atoms. The van der Waals surface area contributed by atoms with Crippen LogP contribution in [0.2, 0.25) is 0 Å². The normalized spacial score (nSPS) is 12.1. The highest BCUT2D eigenvalue weighted by Gasteiger charge is 2.21. The fraction of sp³-hybridized carbons (Fsp3) is 0.286. The Balaban J connectivity index is 2.10. The molecular formula is C14H15NO5S. The summed E-state index contributed by atoms with van der Waals surface area (Å²) in [5.41, 5.74) is 0. The van der Waals surface area contributed by atoms with Crippen LogP contribution in [0.3, 0.4) is 0 Å². The first-order chi connectivity index (χ1) is 10.0. The van der Waals surface area contributed by atoms with Crippen LogP contribution in [0.25, 0.3) is 10.6 Å². The van der Waals surface area contributed by atoms with Crippen LogP contribution in [0, 0.1) is 6.92 Å². The Kier molecular flexibility index (Phi) is 4.77. The lowest BCUT2D eigenvalue weighted by atomic mass is 10.3. The third kappa shape index (κ3) is 3.71. The SMILES string of the molecule is COCC(NC(=O)c1ccc(-c2ccc(C)o2)s1)C(=O)O. The molecule has 0 aliphatic carbocycles. The summed E-state index contributed by atoms with van der Waals surface area (Å²) in [6.45, 7) is 1.75. The van der Waals surface area contributed by atoms with Gasteiger partial charge in [0.05, 0.1) is 16.4 Å². The number of hydrogen-bond donors (Lipinski definition) is 2. The number of nitrogens with one attached hydrogen (secondary N) is 1. The molecule has 2 aromatic heterocycles. The van der Waals surface area contributed by atoms with Gasteiger partial charge in [-0.15, -0.1) is 11.3 Å². The van der Waals surface area contributed by atoms with Crippen LogP contribution >= 0.6 is 11.3 Å². The van der Waals surface area contributed by atoms with Crippen molar-refractivity contribution in [3.8, 4) is 10.6 Å². The van der Waals surface area contributed by atoms with Crippen LogP contribution in [-0.4, -0.2) is 36.7 Å². The van der Waals surface area contributed by atoms with Gasteiger partial charge in [-0.05, 0) is 31.2 Å². The average molecular weight is 309 g/mol. The molecule has 112 valence electrons. The monoisotopic (exact) mass is 309 g/mol. The van der Waals surface area contributed by atoms with Gasteiger partial charge >= 0.3 is 5.97 Å². The zero-order valence-electron chi connectivity index (χ0n) is 11.6. The van der Waals surface area contributed by atoms with E-state index in [0.29, 0.717) is 10.6 Å². The van der Waals surface area contributed by atoms with Crippen molar-refractivity contribution < 1.29 is 23.8 Å². The van der Waals surface area contributed by atoms with Crippen molar-refractivity contribution >= 4 is 23.2 Å². The van der Waals surface area contributed by atoms with Crippen LogP contribution in [0.4, 0.5) is 0 Å². The van der Waals surface area contributed by atoms with Gasteiger partial charge < -0.3 is 19.6 Å². The average Bonchev–Trinajstić information content (AvgIpc) is 3.06. The first kappa shape index (κ1) is 15.3. The second-order valence-electron chi connectivity index (χ2n) is 4.39. The largest absolute Gasteiger partial charge is 0.480 e. The van der Waals surface area contributed by atoms with Crippen LogP contribution in [-0.2, 0) is 9.53 Å². The fourth-order valence-electron chi connectivity index (χ4n) is 1.73. The molecule has 2 rings (SSSR count). The van der Waals surface area contributed by atoms with Gasteiger partial charge in [-0.2, -0.15) is 0 Å². The van der Waals surface area contributed by atoms with Gasteiger partial charge in [0.25, 0.3) is 5.91 Å². The Hall–Kier alpha value is -2.12. The third-order valence-electron chi connectivity index (χ3n) is 2.75. The van der Waals surface area contributed by atoms with E-state index in [1.165, 1.54) is 18.4 Å². The van der Waals surface area contributed by atoms with E-state index in [0.717, 1.165) is 10.6 Å². The van der Waals surface area contributed by atoms with E-state index in [4.69, 9.17) is 14.3 Å². The van der Waals surface area contributed by atoms with E-state index < -0.39 is 17.9 Å². The number of carboxylic acid groups (broad SMARTS) is 1. The number of carbonyl (C=O) groups is 2. The Morgan fingerprint density at radius 1 is 1.38 bits per heavy atom. The highest BCUT2D eigenvalue weighted by Crippen LogP contribution is 2.29. The number of furan rings is 1. The van der Waals surface area contributed by atoms with Crippen molar-refractivity contribution in [3.63, 3.8) is 0 Å². The molecule has 0 spiro atoms. The van der Waals surface area contributed by atoms with Crippen LogP contribution in [0.5, 0.6) is 0 Å². The van der Waals surface area contributed by atoms with Crippen molar-refractivity contribution in [2.24, 2.45) is 0 Å². The summed E-state index contributed by atoms with van der Waals surface area (Å²) < 4.78 is 10.3. The number of aryl methyl sites for hydroxylation is 1. The molecule has 6 nitrogen and oxygen atoms in total. The first-order valence-electron chi connectivity index (χ1n) is 6.20. The number of rotatable bonds is 6. The molecule has 0 aliphatic rings. The number of hydrogen-bond acceptors (Lipinski definition) is 5. The number of aliphatic carboxylic acids is 1. The van der Waals surface area contributed by atoms with Crippen LogP contribution in [0.15, 0.2) is 28.7 Å². The maximum atomic E-state index is 12.0. The maximum Gasteiger partial charge on any atom is 0.328 e. The number of carbonyl (C=O) groups excluding carboxylic acids is 1. The second-order valence-corrected chi connectivity index (χ2v) is 5.48. The molecule has 7 heteroatoms. The fourth-order valence-corrected chi connectivity index (χ4v) is 2.60. The molecule has 0 saturated heterocycles. The lowest BCUT2D eigenvalue weighted by Crippen LogP contribution is -2.43. The predicted molar refractivity (Wildman–Crippen MR) is 77.5 cm³/mol. The van der Waals surface area contributed by atoms with Crippen molar-refractivity contribution in [2.45, 2.75) is 13.0 Å². The number of carboxylic acids is 1. The molecular weight excluding hydrogens is 294 g/mol. The van der Waals surface area contributed by atoms with Crippen molar-refractivity contribution in [2.75, 3.05) is 13.7 Å². The van der Waals surface area contributed by atoms with Crippen molar-refractivity contribution in [1.29, 1.82) is 0 Å². The molecule has 2 heterocycles. The zero-order chi connectivity index (χ0) is 15.4. The summed E-state index contributed by atoms with van der Waals surface area (Å²) in [6.07, 6.45) is 0. The topological polar surface area (TPSA) is 88.8 Å². The highest BCUT2D eigenvalue weighted by atomic mass is 32.1. The van der Waals surface area contributed by atoms with E-state index in [1.807, 2.05) is 19.1 Å². The van der Waals surface area contributed by atoms with E-state index in [1.54, 1.807) is 12.1 Å². The summed E-state index contributed by atoms with van der Waals surface area (Å²) in [7, 11) is 1.38. The molecule has 0 aliphatic heterocycles. The van der Waals surface area contributed by atoms with Gasteiger partial charge in [0.1, 0.15) is 11.5 Å². The molecule has 0 radical (unpaired) electrons. The predicted octanol–water partition coefficient (Wildman–Crippen LogP) is 2.15. The van der Waals surface area contributed by atoms with E-state index in [2.05, 4.69) is 5.32 Å². The first-order valence-corrected chi connectivity index (χ1v) is 7.02. The van der Waals surface area contributed by atoms with Gasteiger partial charge in [-0.1, -0.05) is 0 Å². The highest BCUT2D eigenvalue weighted by molar-refractivity contribution is 7.17. The third-order valence-corrected chi connectivity index (χ3v) is 3.85. The summed E-state index contributed by atoms with van der Waals surface area (Å²) >= 11 is 1.24. The smallest absolute Gasteiger partial charge is 0.328 e. The van der Waals surface area contributed by atoms with Gasteiger partial charge in [-0.25, -0.2) is 4.79 Å². The molecule has 0 bridgehead atoms. The minimum Gasteiger partial charge on any atom is -0.480 e. The molecule has 0 aromatic carbocycles. The Morgan fingerprint density at radius 3 is 2.71 bits per heavy atom. The molecule has 2 aromatic rings. The van der Waals surface area contributed by atoms with Crippen LogP contribution < -0.4 is 5.32 Å². The van der Waals surface area contributed by atoms with E-state index >= 15 is 0 Å². The summed E-state index contributed by atoms with van der Waals surface area (Å²) in [5.74, 6) is -0.110. The Bertz CT molecular complexity index is 645. The van der Waals surface area contributed by atoms with Crippen molar-refractivity contribution in [3.05, 3.63) is 34.9 Å². The molecule has 2 N–H and O–H groups in total. The molecule has 1 atom stereocenters. The quantitative estimate of drug-likeness (QED) is 0.853. The lowest BCUT2D eigenvalue weighted by Gasteiger charge is -2.12. The second kappa shape index (κ2) is 6.55. The Morgan fingerprint density at radius 2 is 2.14 bits per heavy atom. The van der Waals surface area contributed by atoms with Crippen molar-refractivity contribution in [1.82, 2.24) is 5.32 Å². The Labute approximate surface area is 125 Å². The molecule has 1 unspecified atom stereocenters. The summed E-state index contributed by atoms with van der Waals surface area (Å²) in [4.78, 5) is 24.2. The minimum absolute atomic E-state index is 0.0866. The standard InChI is InChI=1S/C14H15NO5S/c1-8-3-4-10(20-8)11-5-6-12(21-11)13(16)15-9(7-19-2)14(17)18/h3-6,9H,7H2,1-2H3,(H,15,16)(H,17,18). The van der Waals surface area contributed by atoms with Gasteiger partial charge in [0.2, 0.25) is 0 Å². The maximum absolute atomic E-state index is 12.0. The van der Waals surface area contributed by atoms with Gasteiger partial charge in [0, 0.05) is 7.11 Å². The number of thiophene rings is 1. The zero-order valence-corrected chi connectivity index (χ0v) is 12.4. The summed E-state index contributed by atoms with van der Waals surface area (Å²) in [6, 6.07) is 6.00. The van der Waals surface area contributed by atoms with Crippen LogP contribution in [0.1, 0.15) is 15.4 Å². The summed E-state index contributed by atoms with van der Waals surface area (Å²) in [5, 5.41) is 11.4. The minimum atomic E-state index is -1.14. The molecule has 1 amide bonds.